The number of ether oxygens (including phenoxy) is 1. The number of hydrogen-bond donors (Lipinski definition) is 2. The van der Waals surface area contributed by atoms with Gasteiger partial charge in [0.05, 0.1) is 12.5 Å². The molecule has 5 heteroatoms. The third-order valence-corrected chi connectivity index (χ3v) is 3.09. The number of carboxylic acid groups (broad SMARTS) is 1. The molecule has 1 unspecified atom stereocenters. The van der Waals surface area contributed by atoms with Crippen molar-refractivity contribution in [1.82, 2.24) is 5.32 Å². The van der Waals surface area contributed by atoms with E-state index >= 15 is 0 Å². The summed E-state index contributed by atoms with van der Waals surface area (Å²) >= 11 is 0. The minimum atomic E-state index is -0.975. The largest absolute Gasteiger partial charge is 0.481 e. The van der Waals surface area contributed by atoms with Crippen LogP contribution >= 0.6 is 0 Å². The lowest BCUT2D eigenvalue weighted by Crippen LogP contribution is -2.36. The molecule has 0 fully saturated rings. The standard InChI is InChI=1S/C16H23NO4/c1-10-7-6-8-12(11(10)2)13(9-14(18)19)17-15(20)21-16(3,4)5/h6-8,13H,9H2,1-5H3,(H,17,20)(H,18,19). The van der Waals surface area contributed by atoms with Crippen molar-refractivity contribution < 1.29 is 19.4 Å². The molecule has 1 amide bonds. The molecule has 116 valence electrons. The van der Waals surface area contributed by atoms with Gasteiger partial charge in [-0.3, -0.25) is 4.79 Å². The molecule has 1 aromatic rings. The van der Waals surface area contributed by atoms with Gasteiger partial charge in [0.15, 0.2) is 0 Å². The molecule has 0 spiro atoms. The number of rotatable bonds is 4. The topological polar surface area (TPSA) is 75.6 Å². The first kappa shape index (κ1) is 17.0. The van der Waals surface area contributed by atoms with Crippen LogP contribution in [0.4, 0.5) is 4.79 Å². The van der Waals surface area contributed by atoms with Crippen molar-refractivity contribution in [3.8, 4) is 0 Å². The van der Waals surface area contributed by atoms with E-state index < -0.39 is 23.7 Å². The van der Waals surface area contributed by atoms with Crippen LogP contribution in [0.2, 0.25) is 0 Å². The molecule has 1 rings (SSSR count). The van der Waals surface area contributed by atoms with Crippen LogP contribution < -0.4 is 5.32 Å². The highest BCUT2D eigenvalue weighted by Gasteiger charge is 2.23. The highest BCUT2D eigenvalue weighted by Crippen LogP contribution is 2.23. The molecule has 0 aliphatic rings. The molecular weight excluding hydrogens is 270 g/mol. The van der Waals surface area contributed by atoms with Gasteiger partial charge in [0.1, 0.15) is 5.60 Å². The van der Waals surface area contributed by atoms with Gasteiger partial charge < -0.3 is 15.2 Å². The Balaban J connectivity index is 2.98. The monoisotopic (exact) mass is 293 g/mol. The number of hydrogen-bond acceptors (Lipinski definition) is 3. The van der Waals surface area contributed by atoms with E-state index in [0.29, 0.717) is 0 Å². The van der Waals surface area contributed by atoms with Gasteiger partial charge in [0.25, 0.3) is 0 Å². The van der Waals surface area contributed by atoms with Crippen molar-refractivity contribution in [1.29, 1.82) is 0 Å². The van der Waals surface area contributed by atoms with Crippen LogP contribution in [0.25, 0.3) is 0 Å². The molecule has 1 atom stereocenters. The Labute approximate surface area is 125 Å². The maximum atomic E-state index is 11.9. The summed E-state index contributed by atoms with van der Waals surface area (Å²) in [6.45, 7) is 9.14. The summed E-state index contributed by atoms with van der Waals surface area (Å²) in [6.07, 6.45) is -0.807. The highest BCUT2D eigenvalue weighted by atomic mass is 16.6. The molecule has 0 aromatic heterocycles. The van der Waals surface area contributed by atoms with Crippen LogP contribution in [0, 0.1) is 13.8 Å². The Morgan fingerprint density at radius 2 is 1.90 bits per heavy atom. The predicted molar refractivity (Wildman–Crippen MR) is 80.3 cm³/mol. The maximum Gasteiger partial charge on any atom is 0.408 e. The van der Waals surface area contributed by atoms with Crippen LogP contribution in [0.5, 0.6) is 0 Å². The minimum absolute atomic E-state index is 0.191. The first-order valence-corrected chi connectivity index (χ1v) is 6.87. The Bertz CT molecular complexity index is 532. The van der Waals surface area contributed by atoms with Crippen molar-refractivity contribution in [3.05, 3.63) is 34.9 Å². The van der Waals surface area contributed by atoms with Crippen LogP contribution in [-0.2, 0) is 9.53 Å². The van der Waals surface area contributed by atoms with Crippen LogP contribution in [0.1, 0.15) is 49.9 Å². The fourth-order valence-electron chi connectivity index (χ4n) is 2.01. The Hall–Kier alpha value is -2.04. The van der Waals surface area contributed by atoms with Gasteiger partial charge in [-0.05, 0) is 51.3 Å². The molecule has 0 aliphatic heterocycles. The summed E-state index contributed by atoms with van der Waals surface area (Å²) in [5, 5.41) is 11.7. The van der Waals surface area contributed by atoms with Gasteiger partial charge in [-0.1, -0.05) is 18.2 Å². The lowest BCUT2D eigenvalue weighted by atomic mass is 9.95. The summed E-state index contributed by atoms with van der Waals surface area (Å²) in [6, 6.07) is 5.01. The summed E-state index contributed by atoms with van der Waals surface area (Å²) in [5.41, 5.74) is 2.19. The fourth-order valence-corrected chi connectivity index (χ4v) is 2.01. The zero-order valence-electron chi connectivity index (χ0n) is 13.2. The number of aryl methyl sites for hydroxylation is 1. The first-order chi connectivity index (χ1) is 9.60. The van der Waals surface area contributed by atoms with E-state index in [0.717, 1.165) is 16.7 Å². The summed E-state index contributed by atoms with van der Waals surface area (Å²) < 4.78 is 5.20. The van der Waals surface area contributed by atoms with Crippen molar-refractivity contribution in [2.24, 2.45) is 0 Å². The van der Waals surface area contributed by atoms with E-state index in [1.165, 1.54) is 0 Å². The molecule has 0 aliphatic carbocycles. The number of nitrogens with one attached hydrogen (secondary N) is 1. The van der Waals surface area contributed by atoms with Crippen molar-refractivity contribution >= 4 is 12.1 Å². The number of carboxylic acids is 1. The Kier molecular flexibility index (Phi) is 5.35. The number of aliphatic carboxylic acids is 1. The van der Waals surface area contributed by atoms with E-state index in [-0.39, 0.29) is 6.42 Å². The Morgan fingerprint density at radius 1 is 1.29 bits per heavy atom. The third-order valence-electron chi connectivity index (χ3n) is 3.09. The fraction of sp³-hybridized carbons (Fsp3) is 0.500. The highest BCUT2D eigenvalue weighted by molar-refractivity contribution is 5.72. The SMILES string of the molecule is Cc1cccc(C(CC(=O)O)NC(=O)OC(C)(C)C)c1C. The average Bonchev–Trinajstić information content (AvgIpc) is 2.28. The van der Waals surface area contributed by atoms with Gasteiger partial charge >= 0.3 is 12.1 Å². The minimum Gasteiger partial charge on any atom is -0.481 e. The smallest absolute Gasteiger partial charge is 0.408 e. The van der Waals surface area contributed by atoms with E-state index in [4.69, 9.17) is 9.84 Å². The van der Waals surface area contributed by atoms with Gasteiger partial charge in [-0.2, -0.15) is 0 Å². The number of alkyl carbamates (subject to hydrolysis) is 1. The number of amides is 1. The molecule has 0 saturated heterocycles. The number of benzene rings is 1. The summed E-state index contributed by atoms with van der Waals surface area (Å²) in [5.74, 6) is -0.975. The zero-order valence-corrected chi connectivity index (χ0v) is 13.2. The van der Waals surface area contributed by atoms with E-state index in [1.54, 1.807) is 20.8 Å². The molecule has 5 nitrogen and oxygen atoms in total. The summed E-state index contributed by atoms with van der Waals surface area (Å²) in [7, 11) is 0. The normalized spacial score (nSPS) is 12.6. The summed E-state index contributed by atoms with van der Waals surface area (Å²) in [4.78, 5) is 22.9. The predicted octanol–water partition coefficient (Wildman–Crippen LogP) is 3.34. The second kappa shape index (κ2) is 6.61. The van der Waals surface area contributed by atoms with Crippen molar-refractivity contribution in [3.63, 3.8) is 0 Å². The van der Waals surface area contributed by atoms with Gasteiger partial charge in [-0.25, -0.2) is 4.79 Å². The van der Waals surface area contributed by atoms with E-state index in [1.807, 2.05) is 32.0 Å². The third kappa shape index (κ3) is 5.45. The lowest BCUT2D eigenvalue weighted by Gasteiger charge is -2.24. The number of carbonyl (C=O) groups excluding carboxylic acids is 1. The molecular formula is C16H23NO4. The zero-order chi connectivity index (χ0) is 16.2. The van der Waals surface area contributed by atoms with Crippen molar-refractivity contribution in [2.75, 3.05) is 0 Å². The molecule has 0 saturated carbocycles. The van der Waals surface area contributed by atoms with Gasteiger partial charge in [0, 0.05) is 0 Å². The number of carbonyl (C=O) groups is 2. The van der Waals surface area contributed by atoms with Crippen LogP contribution in [-0.4, -0.2) is 22.8 Å². The quantitative estimate of drug-likeness (QED) is 0.892. The molecule has 0 heterocycles. The molecule has 2 N–H and O–H groups in total. The first-order valence-electron chi connectivity index (χ1n) is 6.87. The van der Waals surface area contributed by atoms with Crippen LogP contribution in [0.15, 0.2) is 18.2 Å². The van der Waals surface area contributed by atoms with Gasteiger partial charge in [-0.15, -0.1) is 0 Å². The van der Waals surface area contributed by atoms with Crippen molar-refractivity contribution in [2.45, 2.75) is 52.7 Å². The second-order valence-corrected chi connectivity index (χ2v) is 6.09. The Morgan fingerprint density at radius 3 is 2.43 bits per heavy atom. The second-order valence-electron chi connectivity index (χ2n) is 6.09. The lowest BCUT2D eigenvalue weighted by molar-refractivity contribution is -0.137. The molecule has 0 bridgehead atoms. The van der Waals surface area contributed by atoms with E-state index in [2.05, 4.69) is 5.32 Å². The van der Waals surface area contributed by atoms with E-state index in [9.17, 15) is 9.59 Å². The van der Waals surface area contributed by atoms with Gasteiger partial charge in [0.2, 0.25) is 0 Å². The average molecular weight is 293 g/mol. The maximum absolute atomic E-state index is 11.9. The molecule has 1 aromatic carbocycles. The van der Waals surface area contributed by atoms with Crippen LogP contribution in [0.3, 0.4) is 0 Å². The molecule has 0 radical (unpaired) electrons. The molecule has 21 heavy (non-hydrogen) atoms.